The molecular weight excluding hydrogens is 240 g/mol. The number of rotatable bonds is 4. The van der Waals surface area contributed by atoms with Crippen LogP contribution in [-0.2, 0) is 0 Å². The van der Waals surface area contributed by atoms with Gasteiger partial charge in [0.25, 0.3) is 5.91 Å². The summed E-state index contributed by atoms with van der Waals surface area (Å²) >= 11 is 0. The number of carbonyl (C=O) groups excluding carboxylic acids is 1. The maximum atomic E-state index is 12.0. The van der Waals surface area contributed by atoms with Gasteiger partial charge in [0.2, 0.25) is 0 Å². The third kappa shape index (κ3) is 3.03. The van der Waals surface area contributed by atoms with Crippen molar-refractivity contribution in [1.29, 1.82) is 0 Å². The molecular formula is C15H18N2O2. The van der Waals surface area contributed by atoms with Gasteiger partial charge >= 0.3 is 0 Å². The Balaban J connectivity index is 2.08. The first kappa shape index (κ1) is 13.4. The summed E-state index contributed by atoms with van der Waals surface area (Å²) in [6.45, 7) is 3.93. The van der Waals surface area contributed by atoms with Crippen LogP contribution in [0.5, 0.6) is 0 Å². The van der Waals surface area contributed by atoms with E-state index in [1.165, 1.54) is 11.8 Å². The lowest BCUT2D eigenvalue weighted by atomic mass is 10.1. The first-order valence-electron chi connectivity index (χ1n) is 6.24. The summed E-state index contributed by atoms with van der Waals surface area (Å²) in [7, 11) is 1.92. The molecule has 0 radical (unpaired) electrons. The SMILES string of the molecule is CNC(C)c1ccc(NC(=O)c2occc2C)cc1. The number of hydrogen-bond acceptors (Lipinski definition) is 3. The zero-order chi connectivity index (χ0) is 13.8. The van der Waals surface area contributed by atoms with Gasteiger partial charge in [0.05, 0.1) is 6.26 Å². The molecule has 2 rings (SSSR count). The third-order valence-electron chi connectivity index (χ3n) is 3.17. The minimum absolute atomic E-state index is 0.225. The van der Waals surface area contributed by atoms with Crippen molar-refractivity contribution >= 4 is 11.6 Å². The van der Waals surface area contributed by atoms with E-state index in [-0.39, 0.29) is 11.9 Å². The number of aryl methyl sites for hydroxylation is 1. The Morgan fingerprint density at radius 1 is 1.21 bits per heavy atom. The van der Waals surface area contributed by atoms with Crippen molar-refractivity contribution in [2.45, 2.75) is 19.9 Å². The van der Waals surface area contributed by atoms with E-state index in [4.69, 9.17) is 4.42 Å². The molecule has 0 aliphatic rings. The molecule has 2 N–H and O–H groups in total. The van der Waals surface area contributed by atoms with Crippen LogP contribution in [0.1, 0.15) is 34.6 Å². The van der Waals surface area contributed by atoms with Crippen molar-refractivity contribution < 1.29 is 9.21 Å². The fourth-order valence-electron chi connectivity index (χ4n) is 1.82. The third-order valence-corrected chi connectivity index (χ3v) is 3.17. The highest BCUT2D eigenvalue weighted by Crippen LogP contribution is 2.17. The summed E-state index contributed by atoms with van der Waals surface area (Å²) in [6.07, 6.45) is 1.52. The van der Waals surface area contributed by atoms with Gasteiger partial charge in [-0.25, -0.2) is 0 Å². The minimum Gasteiger partial charge on any atom is -0.459 e. The van der Waals surface area contributed by atoms with Gasteiger partial charge in [0.1, 0.15) is 0 Å². The molecule has 1 atom stereocenters. The molecule has 2 aromatic rings. The molecule has 19 heavy (non-hydrogen) atoms. The van der Waals surface area contributed by atoms with Crippen LogP contribution in [-0.4, -0.2) is 13.0 Å². The van der Waals surface area contributed by atoms with Gasteiger partial charge in [-0.3, -0.25) is 4.79 Å². The number of amides is 1. The number of anilines is 1. The lowest BCUT2D eigenvalue weighted by Gasteiger charge is -2.11. The summed E-state index contributed by atoms with van der Waals surface area (Å²) in [5, 5.41) is 5.99. The molecule has 0 aliphatic carbocycles. The van der Waals surface area contributed by atoms with E-state index < -0.39 is 0 Å². The summed E-state index contributed by atoms with van der Waals surface area (Å²) in [6, 6.07) is 9.82. The Morgan fingerprint density at radius 2 is 1.89 bits per heavy atom. The molecule has 1 unspecified atom stereocenters. The van der Waals surface area contributed by atoms with Crippen molar-refractivity contribution in [3.63, 3.8) is 0 Å². The standard InChI is InChI=1S/C15H18N2O2/c1-10-8-9-19-14(10)15(18)17-13-6-4-12(5-7-13)11(2)16-3/h4-9,11,16H,1-3H3,(H,17,18). The van der Waals surface area contributed by atoms with Crippen LogP contribution >= 0.6 is 0 Å². The van der Waals surface area contributed by atoms with Gasteiger partial charge in [0, 0.05) is 17.3 Å². The van der Waals surface area contributed by atoms with Crippen molar-refractivity contribution in [2.75, 3.05) is 12.4 Å². The number of carbonyl (C=O) groups is 1. The van der Waals surface area contributed by atoms with E-state index in [0.29, 0.717) is 5.76 Å². The Bertz CT molecular complexity index is 558. The Hall–Kier alpha value is -2.07. The predicted molar refractivity (Wildman–Crippen MR) is 75.3 cm³/mol. The van der Waals surface area contributed by atoms with Crippen LogP contribution in [0.25, 0.3) is 0 Å². The fourth-order valence-corrected chi connectivity index (χ4v) is 1.82. The molecule has 1 aromatic carbocycles. The largest absolute Gasteiger partial charge is 0.459 e. The normalized spacial score (nSPS) is 12.2. The van der Waals surface area contributed by atoms with Crippen molar-refractivity contribution in [3.05, 3.63) is 53.5 Å². The molecule has 0 aliphatic heterocycles. The number of nitrogens with one attached hydrogen (secondary N) is 2. The minimum atomic E-state index is -0.225. The highest BCUT2D eigenvalue weighted by Gasteiger charge is 2.12. The first-order valence-corrected chi connectivity index (χ1v) is 6.24. The van der Waals surface area contributed by atoms with Crippen LogP contribution in [0, 0.1) is 6.92 Å². The summed E-state index contributed by atoms with van der Waals surface area (Å²) < 4.78 is 5.16. The van der Waals surface area contributed by atoms with E-state index in [1.807, 2.05) is 38.2 Å². The van der Waals surface area contributed by atoms with Crippen LogP contribution in [0.2, 0.25) is 0 Å². The molecule has 1 amide bonds. The van der Waals surface area contributed by atoms with E-state index in [9.17, 15) is 4.79 Å². The summed E-state index contributed by atoms with van der Waals surface area (Å²) in [5.74, 6) is 0.129. The predicted octanol–water partition coefficient (Wildman–Crippen LogP) is 3.12. The molecule has 1 aromatic heterocycles. The average molecular weight is 258 g/mol. The second kappa shape index (κ2) is 5.71. The molecule has 100 valence electrons. The van der Waals surface area contributed by atoms with E-state index in [2.05, 4.69) is 17.6 Å². The second-order valence-electron chi connectivity index (χ2n) is 4.52. The van der Waals surface area contributed by atoms with Gasteiger partial charge in [-0.15, -0.1) is 0 Å². The molecule has 4 heteroatoms. The highest BCUT2D eigenvalue weighted by molar-refractivity contribution is 6.03. The molecule has 0 bridgehead atoms. The fraction of sp³-hybridized carbons (Fsp3) is 0.267. The van der Waals surface area contributed by atoms with E-state index >= 15 is 0 Å². The Morgan fingerprint density at radius 3 is 2.42 bits per heavy atom. The average Bonchev–Trinajstić information content (AvgIpc) is 2.85. The van der Waals surface area contributed by atoms with Crippen LogP contribution in [0.3, 0.4) is 0 Å². The molecule has 0 saturated carbocycles. The lowest BCUT2D eigenvalue weighted by Crippen LogP contribution is -2.13. The van der Waals surface area contributed by atoms with E-state index in [1.54, 1.807) is 6.07 Å². The van der Waals surface area contributed by atoms with Gasteiger partial charge in [0.15, 0.2) is 5.76 Å². The first-order chi connectivity index (χ1) is 9.11. The molecule has 0 saturated heterocycles. The Kier molecular flexibility index (Phi) is 4.02. The smallest absolute Gasteiger partial charge is 0.291 e. The summed E-state index contributed by atoms with van der Waals surface area (Å²) in [4.78, 5) is 12.0. The molecule has 0 spiro atoms. The maximum Gasteiger partial charge on any atom is 0.291 e. The van der Waals surface area contributed by atoms with Crippen LogP contribution in [0.4, 0.5) is 5.69 Å². The zero-order valence-corrected chi connectivity index (χ0v) is 11.4. The highest BCUT2D eigenvalue weighted by atomic mass is 16.3. The lowest BCUT2D eigenvalue weighted by molar-refractivity contribution is 0.0996. The number of benzene rings is 1. The molecule has 0 fully saturated rings. The van der Waals surface area contributed by atoms with Crippen molar-refractivity contribution in [3.8, 4) is 0 Å². The van der Waals surface area contributed by atoms with Gasteiger partial charge < -0.3 is 15.1 Å². The van der Waals surface area contributed by atoms with Gasteiger partial charge in [-0.1, -0.05) is 12.1 Å². The van der Waals surface area contributed by atoms with Crippen molar-refractivity contribution in [2.24, 2.45) is 0 Å². The molecule has 4 nitrogen and oxygen atoms in total. The number of furan rings is 1. The zero-order valence-electron chi connectivity index (χ0n) is 11.4. The van der Waals surface area contributed by atoms with E-state index in [0.717, 1.165) is 11.3 Å². The van der Waals surface area contributed by atoms with Crippen molar-refractivity contribution in [1.82, 2.24) is 5.32 Å². The Labute approximate surface area is 112 Å². The maximum absolute atomic E-state index is 12.0. The summed E-state index contributed by atoms with van der Waals surface area (Å²) in [5.41, 5.74) is 2.76. The van der Waals surface area contributed by atoms with Gasteiger partial charge in [-0.2, -0.15) is 0 Å². The second-order valence-corrected chi connectivity index (χ2v) is 4.52. The molecule has 1 heterocycles. The topological polar surface area (TPSA) is 54.3 Å². The quantitative estimate of drug-likeness (QED) is 0.886. The van der Waals surface area contributed by atoms with Gasteiger partial charge in [-0.05, 0) is 44.7 Å². The number of hydrogen-bond donors (Lipinski definition) is 2. The van der Waals surface area contributed by atoms with Crippen LogP contribution < -0.4 is 10.6 Å². The van der Waals surface area contributed by atoms with Crippen LogP contribution in [0.15, 0.2) is 41.0 Å². The monoisotopic (exact) mass is 258 g/mol.